The van der Waals surface area contributed by atoms with Gasteiger partial charge in [0.25, 0.3) is 11.8 Å². The lowest BCUT2D eigenvalue weighted by molar-refractivity contribution is -0.122. The molecule has 12 heteroatoms. The number of rotatable bonds is 9. The van der Waals surface area contributed by atoms with Gasteiger partial charge in [0.15, 0.2) is 17.2 Å². The van der Waals surface area contributed by atoms with Crippen molar-refractivity contribution in [1.82, 2.24) is 9.69 Å². The average molecular weight is 540 g/mol. The largest absolute Gasteiger partial charge is 0.508 e. The Labute approximate surface area is 223 Å². The number of benzene rings is 2. The number of nitrogens with two attached hydrogens (primary N) is 2. The van der Waals surface area contributed by atoms with Gasteiger partial charge in [-0.15, -0.1) is 0 Å². The first-order valence-electron chi connectivity index (χ1n) is 12.0. The fraction of sp³-hybridized carbons (Fsp3) is 0.308. The van der Waals surface area contributed by atoms with Crippen LogP contribution in [0.25, 0.3) is 0 Å². The summed E-state index contributed by atoms with van der Waals surface area (Å²) in [5.41, 5.74) is 11.8. The zero-order chi connectivity index (χ0) is 27.4. The molecule has 0 saturated heterocycles. The first-order chi connectivity index (χ1) is 18.2. The minimum Gasteiger partial charge on any atom is -0.508 e. The number of anilines is 2. The van der Waals surface area contributed by atoms with Gasteiger partial charge in [0.2, 0.25) is 5.91 Å². The number of phenolic OH excluding ortho intramolecular Hbond substituents is 1. The second-order valence-corrected chi connectivity index (χ2v) is 9.88. The van der Waals surface area contributed by atoms with E-state index in [1.165, 1.54) is 17.0 Å². The van der Waals surface area contributed by atoms with Gasteiger partial charge in [-0.1, -0.05) is 26.0 Å². The highest BCUT2D eigenvalue weighted by molar-refractivity contribution is 7.09. The standard InChI is InChI=1S/C26H29N5O6S/c1-14(2)9-10-29-25(34)22(15-3-6-17(32)7-4-15)31(16-5-8-18-19(13-16)37-12-11-36-18)26(35)23-20(27)21(24(28)33)30-38-23/h3-8,13-14,22,32H,9-12,27H2,1-2H3,(H2,28,33)(H,29,34). The number of amides is 3. The highest BCUT2D eigenvalue weighted by Gasteiger charge is 2.36. The predicted molar refractivity (Wildman–Crippen MR) is 143 cm³/mol. The number of nitrogen functional groups attached to an aromatic ring is 1. The first kappa shape index (κ1) is 26.7. The molecule has 0 saturated carbocycles. The maximum Gasteiger partial charge on any atom is 0.273 e. The van der Waals surface area contributed by atoms with E-state index in [9.17, 15) is 19.5 Å². The molecule has 2 heterocycles. The lowest BCUT2D eigenvalue weighted by atomic mass is 10.0. The summed E-state index contributed by atoms with van der Waals surface area (Å²) < 4.78 is 15.3. The van der Waals surface area contributed by atoms with Crippen LogP contribution in [0.5, 0.6) is 17.2 Å². The molecule has 11 nitrogen and oxygen atoms in total. The van der Waals surface area contributed by atoms with E-state index in [1.54, 1.807) is 30.3 Å². The minimum atomic E-state index is -1.17. The van der Waals surface area contributed by atoms with E-state index in [-0.39, 0.29) is 22.0 Å². The third-order valence-corrected chi connectivity index (χ3v) is 6.77. The molecule has 38 heavy (non-hydrogen) atoms. The summed E-state index contributed by atoms with van der Waals surface area (Å²) in [7, 11) is 0. The highest BCUT2D eigenvalue weighted by atomic mass is 32.1. The van der Waals surface area contributed by atoms with Gasteiger partial charge in [-0.2, -0.15) is 4.37 Å². The Morgan fingerprint density at radius 1 is 1.11 bits per heavy atom. The molecule has 0 spiro atoms. The number of nitrogens with one attached hydrogen (secondary N) is 1. The summed E-state index contributed by atoms with van der Waals surface area (Å²) in [5.74, 6) is -0.719. The Kier molecular flexibility index (Phi) is 8.01. The predicted octanol–water partition coefficient (Wildman–Crippen LogP) is 2.85. The SMILES string of the molecule is CC(C)CCNC(=O)C(c1ccc(O)cc1)N(C(=O)c1snc(C(N)=O)c1N)c1ccc2c(c1)OCCO2. The maximum absolute atomic E-state index is 14.1. The van der Waals surface area contributed by atoms with Crippen molar-refractivity contribution in [2.75, 3.05) is 30.4 Å². The van der Waals surface area contributed by atoms with Gasteiger partial charge in [-0.05, 0) is 53.7 Å². The average Bonchev–Trinajstić information content (AvgIpc) is 3.28. The summed E-state index contributed by atoms with van der Waals surface area (Å²) >= 11 is 0.718. The van der Waals surface area contributed by atoms with Crippen molar-refractivity contribution < 1.29 is 29.0 Å². The van der Waals surface area contributed by atoms with Gasteiger partial charge in [0.1, 0.15) is 29.9 Å². The summed E-state index contributed by atoms with van der Waals surface area (Å²) in [6.07, 6.45) is 0.732. The van der Waals surface area contributed by atoms with Crippen molar-refractivity contribution in [3.8, 4) is 17.2 Å². The molecule has 0 radical (unpaired) electrons. The number of carbonyl (C=O) groups excluding carboxylic acids is 3. The molecule has 0 aliphatic carbocycles. The van der Waals surface area contributed by atoms with Crippen LogP contribution < -0.4 is 31.2 Å². The van der Waals surface area contributed by atoms with E-state index in [4.69, 9.17) is 20.9 Å². The molecule has 1 unspecified atom stereocenters. The van der Waals surface area contributed by atoms with Crippen LogP contribution in [0, 0.1) is 5.92 Å². The Morgan fingerprint density at radius 3 is 2.42 bits per heavy atom. The molecule has 2 aromatic carbocycles. The number of primary amides is 1. The Hall–Kier alpha value is -4.32. The smallest absolute Gasteiger partial charge is 0.273 e. The third kappa shape index (κ3) is 5.65. The molecular weight excluding hydrogens is 510 g/mol. The molecule has 1 aliphatic rings. The maximum atomic E-state index is 14.1. The van der Waals surface area contributed by atoms with Crippen LogP contribution in [0.2, 0.25) is 0 Å². The lowest BCUT2D eigenvalue weighted by Crippen LogP contribution is -2.44. The topological polar surface area (TPSA) is 170 Å². The number of aromatic hydroxyl groups is 1. The van der Waals surface area contributed by atoms with Crippen LogP contribution in [0.4, 0.5) is 11.4 Å². The lowest BCUT2D eigenvalue weighted by Gasteiger charge is -2.32. The summed E-state index contributed by atoms with van der Waals surface area (Å²) in [6.45, 7) is 5.18. The van der Waals surface area contributed by atoms with Gasteiger partial charge in [-0.3, -0.25) is 19.3 Å². The third-order valence-electron chi connectivity index (χ3n) is 5.91. The highest BCUT2D eigenvalue weighted by Crippen LogP contribution is 2.39. The number of fused-ring (bicyclic) bond motifs is 1. The van der Waals surface area contributed by atoms with E-state index >= 15 is 0 Å². The normalized spacial score (nSPS) is 13.1. The number of carbonyl (C=O) groups is 3. The fourth-order valence-electron chi connectivity index (χ4n) is 3.96. The van der Waals surface area contributed by atoms with Crippen molar-refractivity contribution in [2.45, 2.75) is 26.3 Å². The Bertz CT molecular complexity index is 1340. The van der Waals surface area contributed by atoms with Crippen molar-refractivity contribution >= 4 is 40.6 Å². The molecule has 0 fully saturated rings. The van der Waals surface area contributed by atoms with Crippen molar-refractivity contribution in [1.29, 1.82) is 0 Å². The number of hydrogen-bond donors (Lipinski definition) is 4. The van der Waals surface area contributed by atoms with Gasteiger partial charge in [0.05, 0.1) is 5.69 Å². The van der Waals surface area contributed by atoms with E-state index < -0.39 is 23.8 Å². The van der Waals surface area contributed by atoms with Gasteiger partial charge < -0.3 is 31.4 Å². The molecular formula is C26H29N5O6S. The second kappa shape index (κ2) is 11.4. The number of ether oxygens (including phenoxy) is 2. The van der Waals surface area contributed by atoms with Crippen LogP contribution >= 0.6 is 11.5 Å². The van der Waals surface area contributed by atoms with Crippen LogP contribution in [0.1, 0.15) is 52.0 Å². The van der Waals surface area contributed by atoms with Gasteiger partial charge in [0, 0.05) is 18.3 Å². The molecule has 1 atom stereocenters. The zero-order valence-electron chi connectivity index (χ0n) is 21.0. The molecule has 1 aromatic heterocycles. The number of nitrogens with zero attached hydrogens (tertiary/aromatic N) is 2. The Balaban J connectivity index is 1.85. The first-order valence-corrected chi connectivity index (χ1v) is 12.8. The molecule has 6 N–H and O–H groups in total. The van der Waals surface area contributed by atoms with Crippen molar-refractivity contribution in [3.63, 3.8) is 0 Å². The summed E-state index contributed by atoms with van der Waals surface area (Å²) in [5, 5.41) is 12.8. The van der Waals surface area contributed by atoms with Gasteiger partial charge in [-0.25, -0.2) is 0 Å². The van der Waals surface area contributed by atoms with Crippen LogP contribution in [-0.4, -0.2) is 47.0 Å². The number of hydrogen-bond acceptors (Lipinski definition) is 9. The minimum absolute atomic E-state index is 0.00252. The molecule has 4 rings (SSSR count). The van der Waals surface area contributed by atoms with E-state index in [2.05, 4.69) is 9.69 Å². The second-order valence-electron chi connectivity index (χ2n) is 9.11. The molecule has 3 aromatic rings. The summed E-state index contributed by atoms with van der Waals surface area (Å²) in [6, 6.07) is 9.71. The molecule has 200 valence electrons. The number of aromatic nitrogens is 1. The Morgan fingerprint density at radius 2 is 1.79 bits per heavy atom. The van der Waals surface area contributed by atoms with Crippen molar-refractivity contribution in [2.24, 2.45) is 11.7 Å². The molecule has 1 aliphatic heterocycles. The zero-order valence-corrected chi connectivity index (χ0v) is 21.8. The van der Waals surface area contributed by atoms with Crippen LogP contribution in [-0.2, 0) is 4.79 Å². The van der Waals surface area contributed by atoms with Crippen LogP contribution in [0.15, 0.2) is 42.5 Å². The summed E-state index contributed by atoms with van der Waals surface area (Å²) in [4.78, 5) is 40.8. The van der Waals surface area contributed by atoms with E-state index in [0.717, 1.165) is 18.0 Å². The van der Waals surface area contributed by atoms with E-state index in [1.807, 2.05) is 13.8 Å². The van der Waals surface area contributed by atoms with Crippen LogP contribution in [0.3, 0.4) is 0 Å². The van der Waals surface area contributed by atoms with E-state index in [0.29, 0.717) is 48.4 Å². The van der Waals surface area contributed by atoms with Crippen molar-refractivity contribution in [3.05, 3.63) is 58.6 Å². The van der Waals surface area contributed by atoms with Gasteiger partial charge >= 0.3 is 0 Å². The molecule has 3 amide bonds. The monoisotopic (exact) mass is 539 g/mol. The fourth-order valence-corrected chi connectivity index (χ4v) is 4.70. The molecule has 0 bridgehead atoms. The quantitative estimate of drug-likeness (QED) is 0.322. The number of phenols is 1.